The second-order valence-electron chi connectivity index (χ2n) is 3.87. The second kappa shape index (κ2) is 2.96. The first-order valence-corrected chi connectivity index (χ1v) is 4.55. The summed E-state index contributed by atoms with van der Waals surface area (Å²) in [5.41, 5.74) is 4.19. The maximum absolute atomic E-state index is 12.7. The van der Waals surface area contributed by atoms with Crippen molar-refractivity contribution < 1.29 is 13.2 Å². The van der Waals surface area contributed by atoms with Crippen molar-refractivity contribution in [2.75, 3.05) is 0 Å². The first-order valence-electron chi connectivity index (χ1n) is 4.55. The predicted octanol–water partition coefficient (Wildman–Crippen LogP) is 2.13. The SMILES string of the molecule is Cc1cc(C)cc(C2(C(F)(F)F)NN2)c1. The van der Waals surface area contributed by atoms with Gasteiger partial charge in [-0.25, -0.2) is 10.9 Å². The van der Waals surface area contributed by atoms with E-state index in [2.05, 4.69) is 10.9 Å². The fraction of sp³-hybridized carbons (Fsp3) is 0.400. The van der Waals surface area contributed by atoms with Crippen molar-refractivity contribution in [1.82, 2.24) is 10.9 Å². The number of benzene rings is 1. The van der Waals surface area contributed by atoms with Crippen molar-refractivity contribution >= 4 is 0 Å². The van der Waals surface area contributed by atoms with Gasteiger partial charge in [-0.1, -0.05) is 29.3 Å². The van der Waals surface area contributed by atoms with Crippen LogP contribution < -0.4 is 10.9 Å². The largest absolute Gasteiger partial charge is 0.426 e. The van der Waals surface area contributed by atoms with Gasteiger partial charge in [0.2, 0.25) is 5.66 Å². The average Bonchev–Trinajstić information content (AvgIpc) is 2.79. The third-order valence-electron chi connectivity index (χ3n) is 2.45. The van der Waals surface area contributed by atoms with Crippen molar-refractivity contribution in [3.63, 3.8) is 0 Å². The van der Waals surface area contributed by atoms with Crippen molar-refractivity contribution in [3.05, 3.63) is 34.9 Å². The quantitative estimate of drug-likeness (QED) is 0.706. The van der Waals surface area contributed by atoms with E-state index in [4.69, 9.17) is 0 Å². The summed E-state index contributed by atoms with van der Waals surface area (Å²) in [6, 6.07) is 4.91. The fourth-order valence-corrected chi connectivity index (χ4v) is 1.70. The summed E-state index contributed by atoms with van der Waals surface area (Å²) in [4.78, 5) is 0. The third kappa shape index (κ3) is 1.61. The average molecular weight is 216 g/mol. The van der Waals surface area contributed by atoms with E-state index in [1.54, 1.807) is 13.8 Å². The van der Waals surface area contributed by atoms with E-state index in [9.17, 15) is 13.2 Å². The van der Waals surface area contributed by atoms with E-state index in [1.807, 2.05) is 6.07 Å². The van der Waals surface area contributed by atoms with E-state index in [0.29, 0.717) is 0 Å². The number of hydrazine groups is 1. The molecule has 0 atom stereocenters. The molecule has 0 unspecified atom stereocenters. The van der Waals surface area contributed by atoms with Gasteiger partial charge < -0.3 is 0 Å². The predicted molar refractivity (Wildman–Crippen MR) is 49.9 cm³/mol. The molecule has 2 N–H and O–H groups in total. The monoisotopic (exact) mass is 216 g/mol. The lowest BCUT2D eigenvalue weighted by atomic mass is 9.99. The summed E-state index contributed by atoms with van der Waals surface area (Å²) < 4.78 is 38.2. The number of aryl methyl sites for hydroxylation is 2. The summed E-state index contributed by atoms with van der Waals surface area (Å²) >= 11 is 0. The molecule has 5 heteroatoms. The highest BCUT2D eigenvalue weighted by Crippen LogP contribution is 2.42. The Balaban J connectivity index is 2.46. The molecule has 1 aliphatic heterocycles. The van der Waals surface area contributed by atoms with Gasteiger partial charge in [0.05, 0.1) is 0 Å². The second-order valence-corrected chi connectivity index (χ2v) is 3.87. The van der Waals surface area contributed by atoms with Crippen LogP contribution in [0.5, 0.6) is 0 Å². The Kier molecular flexibility index (Phi) is 2.06. The minimum absolute atomic E-state index is 0.215. The Morgan fingerprint density at radius 1 is 1.00 bits per heavy atom. The van der Waals surface area contributed by atoms with Crippen molar-refractivity contribution in [2.24, 2.45) is 0 Å². The molecule has 0 saturated carbocycles. The van der Waals surface area contributed by atoms with Crippen LogP contribution in [-0.2, 0) is 5.66 Å². The lowest BCUT2D eigenvalue weighted by Crippen LogP contribution is -2.34. The van der Waals surface area contributed by atoms with E-state index >= 15 is 0 Å². The van der Waals surface area contributed by atoms with E-state index in [1.165, 1.54) is 12.1 Å². The summed E-state index contributed by atoms with van der Waals surface area (Å²) in [5.74, 6) is 0. The number of hydrogen-bond acceptors (Lipinski definition) is 2. The number of rotatable bonds is 1. The summed E-state index contributed by atoms with van der Waals surface area (Å²) in [5, 5.41) is 0. The van der Waals surface area contributed by atoms with Crippen LogP contribution in [0, 0.1) is 13.8 Å². The van der Waals surface area contributed by atoms with Gasteiger partial charge in [-0.2, -0.15) is 13.2 Å². The number of hydrogen-bond donors (Lipinski definition) is 2. The van der Waals surface area contributed by atoms with E-state index in [-0.39, 0.29) is 5.56 Å². The van der Waals surface area contributed by atoms with Crippen LogP contribution >= 0.6 is 0 Å². The third-order valence-corrected chi connectivity index (χ3v) is 2.45. The van der Waals surface area contributed by atoms with Crippen LogP contribution in [0.2, 0.25) is 0 Å². The molecule has 82 valence electrons. The molecular weight excluding hydrogens is 205 g/mol. The van der Waals surface area contributed by atoms with Crippen LogP contribution in [-0.4, -0.2) is 6.18 Å². The molecule has 0 radical (unpaired) electrons. The lowest BCUT2D eigenvalue weighted by Gasteiger charge is -2.17. The normalized spacial score (nSPS) is 19.0. The number of nitrogens with one attached hydrogen (secondary N) is 2. The highest BCUT2D eigenvalue weighted by molar-refractivity contribution is 5.36. The first-order chi connectivity index (χ1) is 6.85. The van der Waals surface area contributed by atoms with Gasteiger partial charge >= 0.3 is 6.18 Å². The molecule has 1 heterocycles. The van der Waals surface area contributed by atoms with Crippen LogP contribution in [0.4, 0.5) is 13.2 Å². The van der Waals surface area contributed by atoms with E-state index in [0.717, 1.165) is 11.1 Å². The van der Waals surface area contributed by atoms with Gasteiger partial charge in [0, 0.05) is 0 Å². The van der Waals surface area contributed by atoms with Gasteiger partial charge in [-0.05, 0) is 19.4 Å². The Morgan fingerprint density at radius 3 is 1.80 bits per heavy atom. The Bertz CT molecular complexity index is 374. The van der Waals surface area contributed by atoms with Crippen molar-refractivity contribution in [3.8, 4) is 0 Å². The zero-order valence-corrected chi connectivity index (χ0v) is 8.37. The van der Waals surface area contributed by atoms with Gasteiger partial charge in [0.1, 0.15) is 0 Å². The van der Waals surface area contributed by atoms with E-state index < -0.39 is 11.8 Å². The molecule has 0 spiro atoms. The van der Waals surface area contributed by atoms with Crippen LogP contribution in [0.15, 0.2) is 18.2 Å². The summed E-state index contributed by atoms with van der Waals surface area (Å²) in [6.07, 6.45) is -4.33. The summed E-state index contributed by atoms with van der Waals surface area (Å²) in [7, 11) is 0. The zero-order chi connectivity index (χ0) is 11.3. The van der Waals surface area contributed by atoms with Crippen molar-refractivity contribution in [1.29, 1.82) is 0 Å². The molecule has 15 heavy (non-hydrogen) atoms. The Morgan fingerprint density at radius 2 is 1.47 bits per heavy atom. The smallest absolute Gasteiger partial charge is 0.223 e. The van der Waals surface area contributed by atoms with Crippen LogP contribution in [0.25, 0.3) is 0 Å². The maximum atomic E-state index is 12.7. The molecule has 1 aliphatic rings. The topological polar surface area (TPSA) is 43.9 Å². The van der Waals surface area contributed by atoms with Crippen LogP contribution in [0.3, 0.4) is 0 Å². The van der Waals surface area contributed by atoms with Crippen molar-refractivity contribution in [2.45, 2.75) is 25.7 Å². The molecular formula is C10H11F3N2. The highest BCUT2D eigenvalue weighted by atomic mass is 19.4. The minimum atomic E-state index is -4.33. The number of halogens is 3. The molecule has 0 bridgehead atoms. The van der Waals surface area contributed by atoms with Gasteiger partial charge in [0.25, 0.3) is 0 Å². The van der Waals surface area contributed by atoms with Gasteiger partial charge in [-0.3, -0.25) is 0 Å². The minimum Gasteiger partial charge on any atom is -0.223 e. The highest BCUT2D eigenvalue weighted by Gasteiger charge is 2.65. The van der Waals surface area contributed by atoms with Gasteiger partial charge in [0.15, 0.2) is 0 Å². The molecule has 0 aromatic heterocycles. The Hall–Kier alpha value is -1.07. The van der Waals surface area contributed by atoms with Crippen LogP contribution in [0.1, 0.15) is 16.7 Å². The zero-order valence-electron chi connectivity index (χ0n) is 8.37. The first kappa shape index (κ1) is 10.4. The summed E-state index contributed by atoms with van der Waals surface area (Å²) in [6.45, 7) is 3.56. The Labute approximate surface area is 85.5 Å². The number of alkyl halides is 3. The van der Waals surface area contributed by atoms with Gasteiger partial charge in [-0.15, -0.1) is 0 Å². The standard InChI is InChI=1S/C10H11F3N2/c1-6-3-7(2)5-8(4-6)9(14-15-9)10(11,12)13/h3-5,14-15H,1-2H3. The molecule has 2 rings (SSSR count). The molecule has 0 amide bonds. The lowest BCUT2D eigenvalue weighted by molar-refractivity contribution is -0.165. The molecule has 1 aromatic rings. The molecule has 2 nitrogen and oxygen atoms in total. The maximum Gasteiger partial charge on any atom is 0.426 e. The molecule has 1 saturated heterocycles. The molecule has 1 aromatic carbocycles. The fourth-order valence-electron chi connectivity index (χ4n) is 1.70. The molecule has 1 fully saturated rings. The molecule has 0 aliphatic carbocycles.